The first-order chi connectivity index (χ1) is 10.2. The third-order valence-electron chi connectivity index (χ3n) is 3.71. The first-order valence-electron chi connectivity index (χ1n) is 7.09. The van der Waals surface area contributed by atoms with Crippen molar-refractivity contribution in [2.75, 3.05) is 20.7 Å². The fraction of sp³-hybridized carbons (Fsp3) is 0.353. The number of nitrogens with two attached hydrogens (primary N) is 1. The number of carbonyl (C=O) groups excluding carboxylic acids is 1. The monoisotopic (exact) mass is 286 g/mol. The molecule has 1 atom stereocenters. The lowest BCUT2D eigenvalue weighted by Gasteiger charge is -2.21. The van der Waals surface area contributed by atoms with Gasteiger partial charge in [0.05, 0.1) is 12.5 Å². The molecule has 1 unspecified atom stereocenters. The minimum Gasteiger partial charge on any atom is -0.380 e. The van der Waals surface area contributed by atoms with Gasteiger partial charge in [-0.15, -0.1) is 0 Å². The van der Waals surface area contributed by atoms with Crippen LogP contribution in [0.2, 0.25) is 0 Å². The molecule has 0 aliphatic rings. The summed E-state index contributed by atoms with van der Waals surface area (Å²) in [5, 5.41) is 2.37. The van der Waals surface area contributed by atoms with E-state index < -0.39 is 0 Å². The molecule has 2 rings (SSSR count). The van der Waals surface area contributed by atoms with Crippen molar-refractivity contribution in [3.8, 4) is 0 Å². The van der Waals surface area contributed by atoms with Gasteiger partial charge >= 0.3 is 0 Å². The lowest BCUT2D eigenvalue weighted by atomic mass is 10.0. The number of amides is 1. The van der Waals surface area contributed by atoms with Crippen molar-refractivity contribution in [2.24, 2.45) is 5.73 Å². The molecule has 0 heterocycles. The van der Waals surface area contributed by atoms with E-state index in [4.69, 9.17) is 10.5 Å². The van der Waals surface area contributed by atoms with Crippen LogP contribution in [-0.2, 0) is 16.1 Å². The number of hydrogen-bond donors (Lipinski definition) is 1. The summed E-state index contributed by atoms with van der Waals surface area (Å²) < 4.78 is 5.17. The number of benzene rings is 2. The van der Waals surface area contributed by atoms with Crippen molar-refractivity contribution in [2.45, 2.75) is 19.1 Å². The quantitative estimate of drug-likeness (QED) is 0.885. The summed E-state index contributed by atoms with van der Waals surface area (Å²) in [4.78, 5) is 13.9. The van der Waals surface area contributed by atoms with E-state index in [0.717, 1.165) is 5.56 Å². The number of rotatable bonds is 6. The Labute approximate surface area is 125 Å². The Morgan fingerprint density at radius 1 is 1.24 bits per heavy atom. The fourth-order valence-corrected chi connectivity index (χ4v) is 2.39. The van der Waals surface area contributed by atoms with E-state index in [1.165, 1.54) is 10.8 Å². The molecule has 4 nitrogen and oxygen atoms in total. The molecule has 0 saturated carbocycles. The molecule has 0 saturated heterocycles. The van der Waals surface area contributed by atoms with E-state index in [1.54, 1.807) is 12.0 Å². The molecule has 0 aliphatic carbocycles. The van der Waals surface area contributed by atoms with Crippen molar-refractivity contribution in [3.05, 3.63) is 48.0 Å². The highest BCUT2D eigenvalue weighted by atomic mass is 16.5. The van der Waals surface area contributed by atoms with Gasteiger partial charge in [0.2, 0.25) is 5.91 Å². The first kappa shape index (κ1) is 15.5. The van der Waals surface area contributed by atoms with Gasteiger partial charge in [-0.1, -0.05) is 42.5 Å². The van der Waals surface area contributed by atoms with Gasteiger partial charge in [0, 0.05) is 27.2 Å². The van der Waals surface area contributed by atoms with Crippen LogP contribution in [0.5, 0.6) is 0 Å². The molecule has 1 amide bonds. The van der Waals surface area contributed by atoms with Gasteiger partial charge in [0.15, 0.2) is 0 Å². The highest BCUT2D eigenvalue weighted by molar-refractivity contribution is 5.86. The lowest BCUT2D eigenvalue weighted by Crippen LogP contribution is -2.33. The SMILES string of the molecule is COC(CN)CC(=O)N(C)Cc1cccc2ccccc12. The first-order valence-corrected chi connectivity index (χ1v) is 7.09. The van der Waals surface area contributed by atoms with Gasteiger partial charge in [0.25, 0.3) is 0 Å². The standard InChI is InChI=1S/C17H22N2O2/c1-19(17(20)10-15(11-18)21-2)12-14-8-5-7-13-6-3-4-9-16(13)14/h3-9,15H,10-12,18H2,1-2H3. The second-order valence-corrected chi connectivity index (χ2v) is 5.19. The molecule has 0 aliphatic heterocycles. The molecular formula is C17H22N2O2. The van der Waals surface area contributed by atoms with Gasteiger partial charge in [-0.2, -0.15) is 0 Å². The minimum atomic E-state index is -0.215. The molecule has 2 N–H and O–H groups in total. The maximum atomic E-state index is 12.2. The molecule has 0 fully saturated rings. The van der Waals surface area contributed by atoms with Gasteiger partial charge in [-0.25, -0.2) is 0 Å². The average Bonchev–Trinajstić information content (AvgIpc) is 2.52. The Bertz CT molecular complexity index is 603. The molecule has 2 aromatic carbocycles. The third kappa shape index (κ3) is 3.80. The summed E-state index contributed by atoms with van der Waals surface area (Å²) >= 11 is 0. The van der Waals surface area contributed by atoms with Crippen molar-refractivity contribution in [3.63, 3.8) is 0 Å². The summed E-state index contributed by atoms with van der Waals surface area (Å²) in [6.07, 6.45) is 0.0984. The van der Waals surface area contributed by atoms with E-state index >= 15 is 0 Å². The summed E-state index contributed by atoms with van der Waals surface area (Å²) in [6.45, 7) is 0.936. The number of nitrogens with zero attached hydrogens (tertiary/aromatic N) is 1. The van der Waals surface area contributed by atoms with Gasteiger partial charge in [-0.05, 0) is 16.3 Å². The number of hydrogen-bond acceptors (Lipinski definition) is 3. The van der Waals surface area contributed by atoms with E-state index in [1.807, 2.05) is 25.2 Å². The number of carbonyl (C=O) groups is 1. The predicted octanol–water partition coefficient (Wildman–Crippen LogP) is 2.16. The maximum absolute atomic E-state index is 12.2. The summed E-state index contributed by atoms with van der Waals surface area (Å²) in [5.74, 6) is 0.0419. The average molecular weight is 286 g/mol. The summed E-state index contributed by atoms with van der Waals surface area (Å²) in [7, 11) is 3.39. The van der Waals surface area contributed by atoms with Crippen LogP contribution < -0.4 is 5.73 Å². The van der Waals surface area contributed by atoms with Crippen LogP contribution in [0.1, 0.15) is 12.0 Å². The van der Waals surface area contributed by atoms with Gasteiger partial charge in [0.1, 0.15) is 0 Å². The third-order valence-corrected chi connectivity index (χ3v) is 3.71. The molecule has 21 heavy (non-hydrogen) atoms. The highest BCUT2D eigenvalue weighted by Crippen LogP contribution is 2.19. The van der Waals surface area contributed by atoms with Crippen LogP contribution in [0, 0.1) is 0 Å². The Hall–Kier alpha value is -1.91. The van der Waals surface area contributed by atoms with Crippen LogP contribution >= 0.6 is 0 Å². The van der Waals surface area contributed by atoms with Crippen molar-refractivity contribution in [1.29, 1.82) is 0 Å². The minimum absolute atomic E-state index is 0.0419. The van der Waals surface area contributed by atoms with Crippen LogP contribution in [0.3, 0.4) is 0 Å². The molecule has 0 spiro atoms. The Morgan fingerprint density at radius 2 is 1.95 bits per heavy atom. The molecule has 0 aromatic heterocycles. The molecule has 112 valence electrons. The van der Waals surface area contributed by atoms with Crippen LogP contribution in [-0.4, -0.2) is 37.6 Å². The van der Waals surface area contributed by atoms with E-state index in [9.17, 15) is 4.79 Å². The highest BCUT2D eigenvalue weighted by Gasteiger charge is 2.16. The van der Waals surface area contributed by atoms with Crippen molar-refractivity contribution in [1.82, 2.24) is 4.90 Å². The maximum Gasteiger partial charge on any atom is 0.225 e. The zero-order valence-corrected chi connectivity index (χ0v) is 12.6. The number of fused-ring (bicyclic) bond motifs is 1. The largest absolute Gasteiger partial charge is 0.380 e. The zero-order chi connectivity index (χ0) is 15.2. The summed E-state index contributed by atoms with van der Waals surface area (Å²) in [6, 6.07) is 14.4. The van der Waals surface area contributed by atoms with Gasteiger partial charge in [-0.3, -0.25) is 4.79 Å². The Morgan fingerprint density at radius 3 is 2.67 bits per heavy atom. The lowest BCUT2D eigenvalue weighted by molar-refractivity contribution is -0.132. The van der Waals surface area contributed by atoms with E-state index in [0.29, 0.717) is 19.5 Å². The van der Waals surface area contributed by atoms with E-state index in [2.05, 4.69) is 24.3 Å². The Kier molecular flexibility index (Phi) is 5.31. The van der Waals surface area contributed by atoms with Crippen LogP contribution in [0.15, 0.2) is 42.5 Å². The zero-order valence-electron chi connectivity index (χ0n) is 12.6. The number of methoxy groups -OCH3 is 1. The Balaban J connectivity index is 2.11. The molecule has 4 heteroatoms. The van der Waals surface area contributed by atoms with Crippen LogP contribution in [0.25, 0.3) is 10.8 Å². The predicted molar refractivity (Wildman–Crippen MR) is 84.9 cm³/mol. The molecule has 2 aromatic rings. The molecular weight excluding hydrogens is 264 g/mol. The van der Waals surface area contributed by atoms with Crippen LogP contribution in [0.4, 0.5) is 0 Å². The molecule has 0 bridgehead atoms. The van der Waals surface area contributed by atoms with Crippen molar-refractivity contribution >= 4 is 16.7 Å². The van der Waals surface area contributed by atoms with E-state index in [-0.39, 0.29) is 12.0 Å². The second-order valence-electron chi connectivity index (χ2n) is 5.19. The fourth-order valence-electron chi connectivity index (χ4n) is 2.39. The smallest absolute Gasteiger partial charge is 0.225 e. The van der Waals surface area contributed by atoms with Crippen molar-refractivity contribution < 1.29 is 9.53 Å². The summed E-state index contributed by atoms with van der Waals surface area (Å²) in [5.41, 5.74) is 6.71. The topological polar surface area (TPSA) is 55.6 Å². The normalized spacial score (nSPS) is 12.3. The number of ether oxygens (including phenoxy) is 1. The second kappa shape index (κ2) is 7.20. The van der Waals surface area contributed by atoms with Gasteiger partial charge < -0.3 is 15.4 Å². The molecule has 0 radical (unpaired) electrons.